The third-order valence-electron chi connectivity index (χ3n) is 4.36. The Morgan fingerprint density at radius 2 is 1.85 bits per heavy atom. The summed E-state index contributed by atoms with van der Waals surface area (Å²) in [5, 5.41) is 11.3. The second-order valence-electron chi connectivity index (χ2n) is 6.65. The molecule has 0 bridgehead atoms. The van der Waals surface area contributed by atoms with E-state index in [2.05, 4.69) is 22.1 Å². The molecule has 0 unspecified atom stereocenters. The van der Waals surface area contributed by atoms with Gasteiger partial charge in [0.2, 0.25) is 5.91 Å². The van der Waals surface area contributed by atoms with Crippen LogP contribution in [0.5, 0.6) is 11.5 Å². The molecule has 1 heterocycles. The number of hydrogen-bond donors (Lipinski definition) is 1. The topological polar surface area (TPSA) is 78.3 Å². The third kappa shape index (κ3) is 6.51. The van der Waals surface area contributed by atoms with E-state index in [1.54, 1.807) is 29.9 Å². The number of carbonyl (C=O) groups excluding carboxylic acids is 1. The van der Waals surface area contributed by atoms with E-state index in [1.165, 1.54) is 12.1 Å². The van der Waals surface area contributed by atoms with Crippen LogP contribution in [-0.2, 0) is 24.1 Å². The van der Waals surface area contributed by atoms with Crippen molar-refractivity contribution in [2.24, 2.45) is 0 Å². The Kier molecular flexibility index (Phi) is 7.99. The van der Waals surface area contributed by atoms with E-state index in [0.717, 1.165) is 23.9 Å². The number of carbonyl (C=O) groups is 1. The van der Waals surface area contributed by atoms with Crippen molar-refractivity contribution in [3.63, 3.8) is 0 Å². The molecule has 3 aromatic rings. The molecule has 1 N–H and O–H groups in total. The molecule has 0 radical (unpaired) electrons. The maximum absolute atomic E-state index is 12.7. The molecule has 1 aromatic heterocycles. The van der Waals surface area contributed by atoms with Crippen LogP contribution in [0, 0.1) is 0 Å². The number of anilines is 1. The Morgan fingerprint density at radius 3 is 2.48 bits per heavy atom. The summed E-state index contributed by atoms with van der Waals surface area (Å²) < 4.78 is 50.8. The third-order valence-corrected chi connectivity index (χ3v) is 5.33. The molecule has 1 amide bonds. The van der Waals surface area contributed by atoms with Crippen LogP contribution in [0.4, 0.5) is 18.9 Å². The van der Waals surface area contributed by atoms with Gasteiger partial charge in [0.05, 0.1) is 18.4 Å². The minimum Gasteiger partial charge on any atom is -0.493 e. The number of nitrogens with zero attached hydrogens (tertiary/aromatic N) is 3. The van der Waals surface area contributed by atoms with Crippen LogP contribution in [0.15, 0.2) is 66.3 Å². The largest absolute Gasteiger partial charge is 0.493 e. The summed E-state index contributed by atoms with van der Waals surface area (Å²) in [5.74, 6) is 1.27. The number of ether oxygens (including phenoxy) is 2. The number of nitrogens with one attached hydrogen (secondary N) is 1. The monoisotopic (exact) mass is 478 g/mol. The molecule has 0 aliphatic carbocycles. The van der Waals surface area contributed by atoms with Gasteiger partial charge in [-0.2, -0.15) is 13.2 Å². The van der Waals surface area contributed by atoms with Crippen LogP contribution in [0.1, 0.15) is 11.4 Å². The number of amides is 1. The maximum Gasteiger partial charge on any atom is 0.416 e. The Labute approximate surface area is 192 Å². The minimum atomic E-state index is -4.43. The zero-order valence-electron chi connectivity index (χ0n) is 17.6. The summed E-state index contributed by atoms with van der Waals surface area (Å²) in [7, 11) is 1.55. The number of rotatable bonds is 10. The number of aromatic nitrogens is 3. The van der Waals surface area contributed by atoms with Crippen LogP contribution in [0.25, 0.3) is 0 Å². The lowest BCUT2D eigenvalue weighted by Gasteiger charge is -2.11. The zero-order chi connectivity index (χ0) is 23.8. The molecular formula is C22H21F3N4O3S. The number of thioether (sulfide) groups is 1. The van der Waals surface area contributed by atoms with Crippen LogP contribution in [0.2, 0.25) is 0 Å². The van der Waals surface area contributed by atoms with Gasteiger partial charge >= 0.3 is 6.18 Å². The Hall–Kier alpha value is -3.47. The van der Waals surface area contributed by atoms with Gasteiger partial charge in [0.15, 0.2) is 22.5 Å². The number of hydrogen-bond acceptors (Lipinski definition) is 6. The second-order valence-corrected chi connectivity index (χ2v) is 7.59. The molecule has 0 atom stereocenters. The van der Waals surface area contributed by atoms with Gasteiger partial charge in [0.25, 0.3) is 0 Å². The highest BCUT2D eigenvalue weighted by atomic mass is 32.2. The Morgan fingerprint density at radius 1 is 1.15 bits per heavy atom. The number of allylic oxidation sites excluding steroid dienone is 1. The van der Waals surface area contributed by atoms with Gasteiger partial charge in [0, 0.05) is 12.2 Å². The van der Waals surface area contributed by atoms with Gasteiger partial charge in [-0.25, -0.2) is 0 Å². The average Bonchev–Trinajstić information content (AvgIpc) is 3.18. The lowest BCUT2D eigenvalue weighted by Crippen LogP contribution is -2.15. The van der Waals surface area contributed by atoms with Crippen molar-refractivity contribution in [1.29, 1.82) is 0 Å². The number of benzene rings is 2. The molecule has 174 valence electrons. The summed E-state index contributed by atoms with van der Waals surface area (Å²) >= 11 is 1.14. The van der Waals surface area contributed by atoms with Gasteiger partial charge in [-0.3, -0.25) is 9.36 Å². The second kappa shape index (κ2) is 10.9. The van der Waals surface area contributed by atoms with Crippen molar-refractivity contribution >= 4 is 23.4 Å². The highest BCUT2D eigenvalue weighted by Crippen LogP contribution is 2.30. The molecule has 3 rings (SSSR count). The van der Waals surface area contributed by atoms with E-state index >= 15 is 0 Å². The standard InChI is InChI=1S/C22H21F3N4O3S/c1-3-12-29-19(13-32-18-7-5-4-6-17(18)31-2)27-28-21(29)33-14-20(30)26-16-10-8-15(9-11-16)22(23,24)25/h3-11H,1,12-14H2,2H3,(H,26,30). The predicted octanol–water partition coefficient (Wildman–Crippen LogP) is 4.80. The lowest BCUT2D eigenvalue weighted by atomic mass is 10.2. The minimum absolute atomic E-state index is 0.0103. The molecule has 0 saturated heterocycles. The van der Waals surface area contributed by atoms with Crippen LogP contribution >= 0.6 is 11.8 Å². The molecule has 0 fully saturated rings. The van der Waals surface area contributed by atoms with E-state index in [9.17, 15) is 18.0 Å². The molecule has 0 aliphatic rings. The highest BCUT2D eigenvalue weighted by Gasteiger charge is 2.30. The van der Waals surface area contributed by atoms with Gasteiger partial charge < -0.3 is 14.8 Å². The average molecular weight is 478 g/mol. The quantitative estimate of drug-likeness (QED) is 0.333. The number of halogens is 3. The maximum atomic E-state index is 12.7. The molecule has 2 aromatic carbocycles. The summed E-state index contributed by atoms with van der Waals surface area (Å²) in [4.78, 5) is 12.3. The highest BCUT2D eigenvalue weighted by molar-refractivity contribution is 7.99. The Balaban J connectivity index is 1.60. The normalized spacial score (nSPS) is 11.2. The van der Waals surface area contributed by atoms with Crippen LogP contribution in [0.3, 0.4) is 0 Å². The van der Waals surface area contributed by atoms with Crippen molar-refractivity contribution in [2.75, 3.05) is 18.2 Å². The summed E-state index contributed by atoms with van der Waals surface area (Å²) in [5.41, 5.74) is -0.512. The molecule has 33 heavy (non-hydrogen) atoms. The van der Waals surface area contributed by atoms with Gasteiger partial charge in [-0.1, -0.05) is 30.0 Å². The van der Waals surface area contributed by atoms with Crippen molar-refractivity contribution in [3.8, 4) is 11.5 Å². The van der Waals surface area contributed by atoms with E-state index in [-0.39, 0.29) is 24.0 Å². The molecule has 11 heteroatoms. The van der Waals surface area contributed by atoms with Gasteiger partial charge in [-0.15, -0.1) is 16.8 Å². The molecule has 7 nitrogen and oxygen atoms in total. The smallest absolute Gasteiger partial charge is 0.416 e. The first kappa shape index (κ1) is 24.2. The molecule has 0 saturated carbocycles. The Bertz CT molecular complexity index is 1100. The van der Waals surface area contributed by atoms with Crippen molar-refractivity contribution < 1.29 is 27.4 Å². The van der Waals surface area contributed by atoms with E-state index in [0.29, 0.717) is 29.0 Å². The first-order valence-electron chi connectivity index (χ1n) is 9.70. The first-order valence-corrected chi connectivity index (χ1v) is 10.7. The fraction of sp³-hybridized carbons (Fsp3) is 0.227. The van der Waals surface area contributed by atoms with E-state index in [4.69, 9.17) is 9.47 Å². The van der Waals surface area contributed by atoms with Crippen LogP contribution in [-0.4, -0.2) is 33.5 Å². The fourth-order valence-corrected chi connectivity index (χ4v) is 3.56. The lowest BCUT2D eigenvalue weighted by molar-refractivity contribution is -0.137. The van der Waals surface area contributed by atoms with Gasteiger partial charge in [-0.05, 0) is 36.4 Å². The van der Waals surface area contributed by atoms with Gasteiger partial charge in [0.1, 0.15) is 6.61 Å². The summed E-state index contributed by atoms with van der Waals surface area (Å²) in [6.07, 6.45) is -2.76. The fourth-order valence-electron chi connectivity index (χ4n) is 2.80. The van der Waals surface area contributed by atoms with Crippen LogP contribution < -0.4 is 14.8 Å². The summed E-state index contributed by atoms with van der Waals surface area (Å²) in [6.45, 7) is 4.26. The first-order chi connectivity index (χ1) is 15.8. The molecule has 0 aliphatic heterocycles. The SMILES string of the molecule is C=CCn1c(COc2ccccc2OC)nnc1SCC(=O)Nc1ccc(C(F)(F)F)cc1. The van der Waals surface area contributed by atoms with Crippen molar-refractivity contribution in [1.82, 2.24) is 14.8 Å². The summed E-state index contributed by atoms with van der Waals surface area (Å²) in [6, 6.07) is 11.4. The van der Waals surface area contributed by atoms with E-state index < -0.39 is 11.7 Å². The predicted molar refractivity (Wildman–Crippen MR) is 118 cm³/mol. The van der Waals surface area contributed by atoms with E-state index in [1.807, 2.05) is 12.1 Å². The number of methoxy groups -OCH3 is 1. The molecular weight excluding hydrogens is 457 g/mol. The van der Waals surface area contributed by atoms with Crippen molar-refractivity contribution in [3.05, 3.63) is 72.6 Å². The molecule has 0 spiro atoms. The number of alkyl halides is 3. The van der Waals surface area contributed by atoms with Crippen molar-refractivity contribution in [2.45, 2.75) is 24.5 Å². The zero-order valence-corrected chi connectivity index (χ0v) is 18.4. The number of para-hydroxylation sites is 2.